The molecule has 0 fully saturated rings. The van der Waals surface area contributed by atoms with Crippen molar-refractivity contribution in [3.8, 4) is 16.9 Å². The van der Waals surface area contributed by atoms with Crippen LogP contribution >= 0.6 is 23.2 Å². The minimum Gasteiger partial charge on any atom is -0.405 e. The van der Waals surface area contributed by atoms with E-state index in [1.165, 1.54) is 54.6 Å². The summed E-state index contributed by atoms with van der Waals surface area (Å²) in [7, 11) is -3.43. The van der Waals surface area contributed by atoms with Crippen LogP contribution in [0.5, 0.6) is 5.75 Å². The fourth-order valence-corrected chi connectivity index (χ4v) is 4.63. The molecule has 3 rings (SSSR count). The van der Waals surface area contributed by atoms with Crippen LogP contribution in [-0.4, -0.2) is 38.7 Å². The molecule has 1 atom stereocenters. The van der Waals surface area contributed by atoms with Gasteiger partial charge in [-0.05, 0) is 35.9 Å². The maximum atomic E-state index is 12.8. The summed E-state index contributed by atoms with van der Waals surface area (Å²) in [4.78, 5) is 12.9. The summed E-state index contributed by atoms with van der Waals surface area (Å²) in [6.07, 6.45) is -3.88. The van der Waals surface area contributed by atoms with Crippen molar-refractivity contribution >= 4 is 44.6 Å². The van der Waals surface area contributed by atoms with Crippen molar-refractivity contribution in [1.29, 1.82) is 0 Å². The first kappa shape index (κ1) is 26.8. The molecule has 3 aromatic carbocycles. The topological polar surface area (TPSA) is 92.7 Å². The summed E-state index contributed by atoms with van der Waals surface area (Å²) >= 11 is 12.6. The molecule has 0 radical (unpaired) electrons. The summed E-state index contributed by atoms with van der Waals surface area (Å²) in [5.41, 5.74) is 0.566. The Kier molecular flexibility index (Phi) is 8.00. The molecule has 35 heavy (non-hydrogen) atoms. The minimum absolute atomic E-state index is 0.00287. The summed E-state index contributed by atoms with van der Waals surface area (Å²) in [6, 6.07) is 13.4. The van der Waals surface area contributed by atoms with Gasteiger partial charge in [0.2, 0.25) is 5.91 Å². The molecule has 1 amide bonds. The number of rotatable bonds is 7. The highest BCUT2D eigenvalue weighted by molar-refractivity contribution is 7.90. The summed E-state index contributed by atoms with van der Waals surface area (Å²) in [5.74, 6) is -2.18. The van der Waals surface area contributed by atoms with Crippen molar-refractivity contribution < 1.29 is 36.2 Å². The van der Waals surface area contributed by atoms with Crippen LogP contribution in [0.15, 0.2) is 65.6 Å². The van der Waals surface area contributed by atoms with Crippen molar-refractivity contribution in [2.45, 2.75) is 17.2 Å². The lowest BCUT2D eigenvalue weighted by molar-refractivity contribution is -0.274. The molecule has 186 valence electrons. The monoisotopic (exact) mass is 547 g/mol. The number of aliphatic hydroxyl groups is 1. The van der Waals surface area contributed by atoms with E-state index >= 15 is 0 Å². The smallest absolute Gasteiger partial charge is 0.405 e. The standard InChI is InChI=1S/C23H18Cl2F3NO5S/c1-35(32,33)15-8-6-13(7-9-15)17(12-30)22(31)29-14-10-18(24)21(19(25)11-14)16-4-2-3-5-20(16)34-23(26,27)28/h2-11,17,30H,12H2,1H3,(H,29,31)/t17-/m1/s1. The molecule has 2 N–H and O–H groups in total. The SMILES string of the molecule is CS(=O)(=O)c1ccc([C@@H](CO)C(=O)Nc2cc(Cl)c(-c3ccccc3OC(F)(F)F)c(Cl)c2)cc1. The predicted octanol–water partition coefficient (Wildman–Crippen LogP) is 5.68. The molecule has 6 nitrogen and oxygen atoms in total. The Hall–Kier alpha value is -2.79. The van der Waals surface area contributed by atoms with E-state index in [-0.39, 0.29) is 31.8 Å². The molecule has 0 spiro atoms. The number of benzene rings is 3. The fraction of sp³-hybridized carbons (Fsp3) is 0.174. The van der Waals surface area contributed by atoms with Gasteiger partial charge in [0.05, 0.1) is 27.5 Å². The van der Waals surface area contributed by atoms with Crippen LogP contribution in [0.2, 0.25) is 10.0 Å². The van der Waals surface area contributed by atoms with Gasteiger partial charge in [-0.1, -0.05) is 53.5 Å². The van der Waals surface area contributed by atoms with Gasteiger partial charge in [0.25, 0.3) is 0 Å². The molecule has 3 aromatic rings. The number of carbonyl (C=O) groups excluding carboxylic acids is 1. The number of para-hydroxylation sites is 1. The van der Waals surface area contributed by atoms with Gasteiger partial charge in [0.1, 0.15) is 5.75 Å². The Morgan fingerprint density at radius 3 is 2.14 bits per heavy atom. The van der Waals surface area contributed by atoms with E-state index < -0.39 is 40.4 Å². The summed E-state index contributed by atoms with van der Waals surface area (Å²) in [5, 5.41) is 12.2. The predicted molar refractivity (Wildman–Crippen MR) is 127 cm³/mol. The number of anilines is 1. The van der Waals surface area contributed by atoms with Gasteiger partial charge in [-0.3, -0.25) is 4.79 Å². The first-order valence-corrected chi connectivity index (χ1v) is 12.5. The maximum Gasteiger partial charge on any atom is 0.573 e. The number of hydrogen-bond acceptors (Lipinski definition) is 5. The lowest BCUT2D eigenvalue weighted by atomic mass is 9.99. The van der Waals surface area contributed by atoms with Crippen LogP contribution in [0.1, 0.15) is 11.5 Å². The number of sulfone groups is 1. The number of nitrogens with one attached hydrogen (secondary N) is 1. The zero-order valence-electron chi connectivity index (χ0n) is 17.9. The van der Waals surface area contributed by atoms with Crippen LogP contribution in [0, 0.1) is 0 Å². The van der Waals surface area contributed by atoms with E-state index in [0.29, 0.717) is 5.56 Å². The van der Waals surface area contributed by atoms with Crippen molar-refractivity contribution in [1.82, 2.24) is 0 Å². The van der Waals surface area contributed by atoms with Gasteiger partial charge >= 0.3 is 6.36 Å². The van der Waals surface area contributed by atoms with Crippen LogP contribution in [-0.2, 0) is 14.6 Å². The summed E-state index contributed by atoms with van der Waals surface area (Å²) < 4.78 is 65.7. The van der Waals surface area contributed by atoms with Crippen molar-refractivity contribution in [3.05, 3.63) is 76.3 Å². The molecule has 0 aliphatic carbocycles. The van der Waals surface area contributed by atoms with Crippen LogP contribution in [0.25, 0.3) is 11.1 Å². The number of alkyl halides is 3. The maximum absolute atomic E-state index is 12.8. The number of amides is 1. The van der Waals surface area contributed by atoms with Crippen LogP contribution < -0.4 is 10.1 Å². The van der Waals surface area contributed by atoms with Crippen molar-refractivity contribution in [3.63, 3.8) is 0 Å². The number of carbonyl (C=O) groups is 1. The first-order valence-electron chi connectivity index (χ1n) is 9.86. The van der Waals surface area contributed by atoms with Gasteiger partial charge in [0.15, 0.2) is 9.84 Å². The van der Waals surface area contributed by atoms with Crippen molar-refractivity contribution in [2.24, 2.45) is 0 Å². The van der Waals surface area contributed by atoms with E-state index in [0.717, 1.165) is 12.3 Å². The number of halogens is 5. The molecule has 12 heteroatoms. The normalized spacial score (nSPS) is 12.8. The first-order chi connectivity index (χ1) is 16.3. The van der Waals surface area contributed by atoms with E-state index in [2.05, 4.69) is 10.1 Å². The molecule has 0 aromatic heterocycles. The lowest BCUT2D eigenvalue weighted by Gasteiger charge is -2.18. The van der Waals surface area contributed by atoms with Crippen LogP contribution in [0.3, 0.4) is 0 Å². The third-order valence-electron chi connectivity index (χ3n) is 4.90. The third-order valence-corrected chi connectivity index (χ3v) is 6.63. The lowest BCUT2D eigenvalue weighted by Crippen LogP contribution is -2.24. The average molecular weight is 548 g/mol. The molecular formula is C23H18Cl2F3NO5S. The molecule has 0 saturated carbocycles. The minimum atomic E-state index is -4.93. The number of ether oxygens (including phenoxy) is 1. The second-order valence-corrected chi connectivity index (χ2v) is 10.3. The van der Waals surface area contributed by atoms with Gasteiger partial charge in [0, 0.05) is 23.1 Å². The van der Waals surface area contributed by atoms with E-state index in [9.17, 15) is 31.5 Å². The Balaban J connectivity index is 1.88. The van der Waals surface area contributed by atoms with E-state index in [1.54, 1.807) is 0 Å². The quantitative estimate of drug-likeness (QED) is 0.397. The molecule has 0 unspecified atom stereocenters. The average Bonchev–Trinajstić information content (AvgIpc) is 2.73. The van der Waals surface area contributed by atoms with E-state index in [1.807, 2.05) is 0 Å². The van der Waals surface area contributed by atoms with Gasteiger partial charge in [-0.25, -0.2) is 8.42 Å². The van der Waals surface area contributed by atoms with E-state index in [4.69, 9.17) is 23.2 Å². The van der Waals surface area contributed by atoms with Gasteiger partial charge in [-0.15, -0.1) is 13.2 Å². The second kappa shape index (κ2) is 10.4. The highest BCUT2D eigenvalue weighted by Gasteiger charge is 2.32. The Morgan fingerprint density at radius 1 is 1.06 bits per heavy atom. The Labute approximate surface area is 209 Å². The molecular weight excluding hydrogens is 530 g/mol. The highest BCUT2D eigenvalue weighted by Crippen LogP contribution is 2.42. The fourth-order valence-electron chi connectivity index (χ4n) is 3.31. The zero-order valence-corrected chi connectivity index (χ0v) is 20.3. The Bertz CT molecular complexity index is 1320. The molecule has 0 heterocycles. The molecule has 0 bridgehead atoms. The second-order valence-electron chi connectivity index (χ2n) is 7.42. The zero-order chi connectivity index (χ0) is 26.0. The summed E-state index contributed by atoms with van der Waals surface area (Å²) in [6.45, 7) is -0.578. The highest BCUT2D eigenvalue weighted by atomic mass is 35.5. The van der Waals surface area contributed by atoms with Crippen molar-refractivity contribution in [2.75, 3.05) is 18.2 Å². The molecule has 0 aliphatic heterocycles. The number of hydrogen-bond donors (Lipinski definition) is 2. The Morgan fingerprint density at radius 2 is 1.63 bits per heavy atom. The largest absolute Gasteiger partial charge is 0.573 e. The molecule has 0 aliphatic rings. The number of aliphatic hydroxyl groups excluding tert-OH is 1. The molecule has 0 saturated heterocycles. The third kappa shape index (κ3) is 6.66. The van der Waals surface area contributed by atoms with Gasteiger partial charge in [-0.2, -0.15) is 0 Å². The van der Waals surface area contributed by atoms with Crippen LogP contribution in [0.4, 0.5) is 18.9 Å². The van der Waals surface area contributed by atoms with Gasteiger partial charge < -0.3 is 15.2 Å².